The summed E-state index contributed by atoms with van der Waals surface area (Å²) in [5.74, 6) is 0.716. The second-order valence-electron chi connectivity index (χ2n) is 5.70. The molecule has 0 amide bonds. The molecule has 0 aromatic heterocycles. The average molecular weight is 356 g/mol. The highest BCUT2D eigenvalue weighted by Crippen LogP contribution is 2.57. The predicted octanol–water partition coefficient (Wildman–Crippen LogP) is 4.08. The third-order valence-corrected chi connectivity index (χ3v) is 6.80. The number of methoxy groups -OCH3 is 2. The Hall–Kier alpha value is -1.36. The van der Waals surface area contributed by atoms with Crippen LogP contribution >= 0.6 is 7.60 Å². The summed E-state index contributed by atoms with van der Waals surface area (Å²) < 4.78 is 33.9. The first-order valence-corrected chi connectivity index (χ1v) is 9.71. The van der Waals surface area contributed by atoms with E-state index in [9.17, 15) is 9.36 Å². The molecule has 1 aliphatic carbocycles. The zero-order chi connectivity index (χ0) is 17.6. The summed E-state index contributed by atoms with van der Waals surface area (Å²) in [7, 11) is 1.26. The molecule has 1 aromatic rings. The van der Waals surface area contributed by atoms with Crippen molar-refractivity contribution in [1.29, 1.82) is 0 Å². The van der Waals surface area contributed by atoms with Gasteiger partial charge in [0.15, 0.2) is 5.78 Å². The van der Waals surface area contributed by atoms with Crippen molar-refractivity contribution in [3.8, 4) is 11.5 Å². The van der Waals surface area contributed by atoms with Crippen LogP contribution in [0.15, 0.2) is 18.2 Å². The Labute approximate surface area is 143 Å². The standard InChI is InChI=1S/C17H25O6P/c1-20-15-9-6-10-16(21-2)17(15)14(18)11-12-23-24(19,22-3)13-7-4-5-8-13/h6,9-10,13H,4-5,7-8,11-12H2,1-3H3. The molecule has 0 spiro atoms. The van der Waals surface area contributed by atoms with Crippen molar-refractivity contribution in [1.82, 2.24) is 0 Å². The summed E-state index contributed by atoms with van der Waals surface area (Å²) in [6.07, 6.45) is 3.85. The molecule has 7 heteroatoms. The lowest BCUT2D eigenvalue weighted by molar-refractivity contribution is 0.0951. The number of ether oxygens (including phenoxy) is 2. The maximum Gasteiger partial charge on any atom is 0.333 e. The van der Waals surface area contributed by atoms with Gasteiger partial charge in [-0.1, -0.05) is 18.9 Å². The highest BCUT2D eigenvalue weighted by Gasteiger charge is 2.37. The van der Waals surface area contributed by atoms with Gasteiger partial charge in [0.25, 0.3) is 0 Å². The molecule has 1 aromatic carbocycles. The summed E-state index contributed by atoms with van der Waals surface area (Å²) in [4.78, 5) is 12.5. The van der Waals surface area contributed by atoms with E-state index in [0.29, 0.717) is 17.1 Å². The summed E-state index contributed by atoms with van der Waals surface area (Å²) in [5.41, 5.74) is 0.317. The SMILES string of the molecule is COc1cccc(OC)c1C(=O)CCOP(=O)(OC)C1CCCC1. The van der Waals surface area contributed by atoms with E-state index in [1.165, 1.54) is 21.3 Å². The van der Waals surface area contributed by atoms with Gasteiger partial charge in [-0.3, -0.25) is 9.36 Å². The molecule has 134 valence electrons. The number of ketones is 1. The molecule has 1 unspecified atom stereocenters. The Morgan fingerprint density at radius 1 is 1.12 bits per heavy atom. The van der Waals surface area contributed by atoms with E-state index in [0.717, 1.165) is 25.7 Å². The van der Waals surface area contributed by atoms with Crippen LogP contribution < -0.4 is 9.47 Å². The van der Waals surface area contributed by atoms with Gasteiger partial charge in [0.2, 0.25) is 0 Å². The molecular weight excluding hydrogens is 331 g/mol. The van der Waals surface area contributed by atoms with Crippen molar-refractivity contribution in [3.05, 3.63) is 23.8 Å². The van der Waals surface area contributed by atoms with Crippen molar-refractivity contribution in [2.24, 2.45) is 0 Å². The molecule has 2 rings (SSSR count). The summed E-state index contributed by atoms with van der Waals surface area (Å²) in [5, 5.41) is 0. The lowest BCUT2D eigenvalue weighted by Crippen LogP contribution is -2.12. The minimum absolute atomic E-state index is 0.0433. The Bertz CT molecular complexity index is 587. The van der Waals surface area contributed by atoms with Gasteiger partial charge in [0.05, 0.1) is 26.5 Å². The fraction of sp³-hybridized carbons (Fsp3) is 0.588. The van der Waals surface area contributed by atoms with Gasteiger partial charge in [-0.2, -0.15) is 0 Å². The van der Waals surface area contributed by atoms with Gasteiger partial charge < -0.3 is 18.5 Å². The van der Waals surface area contributed by atoms with Crippen molar-refractivity contribution in [2.45, 2.75) is 37.8 Å². The first kappa shape index (κ1) is 19.0. The molecule has 1 fully saturated rings. The third kappa shape index (κ3) is 4.18. The van der Waals surface area contributed by atoms with Crippen LogP contribution in [0.1, 0.15) is 42.5 Å². The quantitative estimate of drug-likeness (QED) is 0.490. The first-order valence-electron chi connectivity index (χ1n) is 8.10. The molecule has 0 N–H and O–H groups in total. The van der Waals surface area contributed by atoms with Crippen molar-refractivity contribution < 1.29 is 27.9 Å². The van der Waals surface area contributed by atoms with Crippen LogP contribution in [0.3, 0.4) is 0 Å². The third-order valence-electron chi connectivity index (χ3n) is 4.33. The number of hydrogen-bond donors (Lipinski definition) is 0. The van der Waals surface area contributed by atoms with Gasteiger partial charge in [-0.25, -0.2) is 0 Å². The molecule has 0 heterocycles. The number of carbonyl (C=O) groups excluding carboxylic acids is 1. The lowest BCUT2D eigenvalue weighted by atomic mass is 10.1. The summed E-state index contributed by atoms with van der Waals surface area (Å²) in [6, 6.07) is 5.16. The molecule has 0 radical (unpaired) electrons. The largest absolute Gasteiger partial charge is 0.496 e. The number of Topliss-reactive ketones (excluding diaryl/α,β-unsaturated/α-hetero) is 1. The molecule has 1 saturated carbocycles. The Balaban J connectivity index is 2.02. The molecule has 1 atom stereocenters. The van der Waals surface area contributed by atoms with Crippen molar-refractivity contribution in [2.75, 3.05) is 27.9 Å². The minimum atomic E-state index is -3.15. The number of hydrogen-bond acceptors (Lipinski definition) is 6. The van der Waals surface area contributed by atoms with E-state index in [2.05, 4.69) is 0 Å². The van der Waals surface area contributed by atoms with Gasteiger partial charge >= 0.3 is 7.60 Å². The van der Waals surface area contributed by atoms with E-state index >= 15 is 0 Å². The van der Waals surface area contributed by atoms with E-state index in [1.54, 1.807) is 18.2 Å². The van der Waals surface area contributed by atoms with Gasteiger partial charge in [-0.15, -0.1) is 0 Å². The maximum atomic E-state index is 12.7. The highest BCUT2D eigenvalue weighted by atomic mass is 31.2. The average Bonchev–Trinajstić information content (AvgIpc) is 3.15. The second-order valence-corrected chi connectivity index (χ2v) is 8.14. The molecule has 0 bridgehead atoms. The second kappa shape index (κ2) is 8.65. The molecule has 0 aliphatic heterocycles. The van der Waals surface area contributed by atoms with Gasteiger partial charge in [-0.05, 0) is 25.0 Å². The van der Waals surface area contributed by atoms with Crippen LogP contribution in [0.25, 0.3) is 0 Å². The highest BCUT2D eigenvalue weighted by molar-refractivity contribution is 7.54. The van der Waals surface area contributed by atoms with Crippen LogP contribution in [0.4, 0.5) is 0 Å². The van der Waals surface area contributed by atoms with Gasteiger partial charge in [0, 0.05) is 13.5 Å². The fourth-order valence-electron chi connectivity index (χ4n) is 3.04. The lowest BCUT2D eigenvalue weighted by Gasteiger charge is -2.22. The zero-order valence-electron chi connectivity index (χ0n) is 14.4. The predicted molar refractivity (Wildman–Crippen MR) is 91.3 cm³/mol. The Kier molecular flexibility index (Phi) is 6.84. The smallest absolute Gasteiger partial charge is 0.333 e. The molecule has 1 aliphatic rings. The van der Waals surface area contributed by atoms with Crippen LogP contribution in [-0.4, -0.2) is 39.4 Å². The van der Waals surface area contributed by atoms with E-state index in [4.69, 9.17) is 18.5 Å². The van der Waals surface area contributed by atoms with E-state index in [-0.39, 0.29) is 24.5 Å². The Morgan fingerprint density at radius 3 is 2.21 bits per heavy atom. The van der Waals surface area contributed by atoms with E-state index in [1.807, 2.05) is 0 Å². The molecule has 0 saturated heterocycles. The zero-order valence-corrected chi connectivity index (χ0v) is 15.3. The monoisotopic (exact) mass is 356 g/mol. The van der Waals surface area contributed by atoms with Crippen LogP contribution in [0, 0.1) is 0 Å². The number of rotatable bonds is 9. The first-order chi connectivity index (χ1) is 11.6. The van der Waals surface area contributed by atoms with Crippen LogP contribution in [-0.2, 0) is 13.6 Å². The maximum absolute atomic E-state index is 12.7. The van der Waals surface area contributed by atoms with E-state index < -0.39 is 7.60 Å². The topological polar surface area (TPSA) is 71.1 Å². The summed E-state index contributed by atoms with van der Waals surface area (Å²) in [6.45, 7) is 0.0433. The fourth-order valence-corrected chi connectivity index (χ4v) is 5.00. The van der Waals surface area contributed by atoms with Crippen molar-refractivity contribution in [3.63, 3.8) is 0 Å². The van der Waals surface area contributed by atoms with Gasteiger partial charge in [0.1, 0.15) is 17.1 Å². The molecule has 6 nitrogen and oxygen atoms in total. The van der Waals surface area contributed by atoms with Crippen LogP contribution in [0.5, 0.6) is 11.5 Å². The van der Waals surface area contributed by atoms with Crippen molar-refractivity contribution >= 4 is 13.4 Å². The Morgan fingerprint density at radius 2 is 1.71 bits per heavy atom. The number of benzene rings is 1. The molecule has 24 heavy (non-hydrogen) atoms. The summed E-state index contributed by atoms with van der Waals surface area (Å²) >= 11 is 0. The minimum Gasteiger partial charge on any atom is -0.496 e. The normalized spacial score (nSPS) is 17.5. The van der Waals surface area contributed by atoms with Crippen LogP contribution in [0.2, 0.25) is 0 Å². The molecular formula is C17H25O6P. The number of carbonyl (C=O) groups is 1.